The van der Waals surface area contributed by atoms with Gasteiger partial charge in [-0.3, -0.25) is 0 Å². The van der Waals surface area contributed by atoms with Gasteiger partial charge in [0.1, 0.15) is 5.82 Å². The first-order valence-electron chi connectivity index (χ1n) is 15.9. The van der Waals surface area contributed by atoms with Crippen LogP contribution < -0.4 is 0 Å². The molecule has 0 aliphatic heterocycles. The number of aryl methyl sites for hydroxylation is 1. The lowest BCUT2D eigenvalue weighted by Gasteiger charge is -2.38. The van der Waals surface area contributed by atoms with E-state index in [-0.39, 0.29) is 11.4 Å². The maximum absolute atomic E-state index is 15.4. The van der Waals surface area contributed by atoms with Crippen LogP contribution in [0.2, 0.25) is 0 Å². The number of halogens is 3. The molecular formula is C37H45F3. The van der Waals surface area contributed by atoms with Crippen LogP contribution in [0.15, 0.2) is 54.6 Å². The van der Waals surface area contributed by atoms with Gasteiger partial charge in [0.2, 0.25) is 0 Å². The lowest BCUT2D eigenvalue weighted by Crippen LogP contribution is -2.25. The summed E-state index contributed by atoms with van der Waals surface area (Å²) in [5.41, 5.74) is 3.77. The van der Waals surface area contributed by atoms with E-state index in [1.165, 1.54) is 64.2 Å². The van der Waals surface area contributed by atoms with Crippen molar-refractivity contribution in [1.82, 2.24) is 0 Å². The highest BCUT2D eigenvalue weighted by Gasteiger charge is 2.32. The van der Waals surface area contributed by atoms with Gasteiger partial charge in [0.25, 0.3) is 0 Å². The minimum Gasteiger partial charge on any atom is -0.207 e. The fourth-order valence-corrected chi connectivity index (χ4v) is 7.50. The second kappa shape index (κ2) is 13.4. The summed E-state index contributed by atoms with van der Waals surface area (Å²) < 4.78 is 44.3. The molecule has 3 aromatic rings. The molecule has 0 saturated heterocycles. The van der Waals surface area contributed by atoms with Gasteiger partial charge in [-0.15, -0.1) is 0 Å². The first-order valence-corrected chi connectivity index (χ1v) is 15.9. The average molecular weight is 547 g/mol. The Morgan fingerprint density at radius 1 is 0.625 bits per heavy atom. The first kappa shape index (κ1) is 29.0. The summed E-state index contributed by atoms with van der Waals surface area (Å²) in [6, 6.07) is 16.2. The summed E-state index contributed by atoms with van der Waals surface area (Å²) in [7, 11) is 0. The molecule has 0 spiro atoms. The van der Waals surface area contributed by atoms with Crippen LogP contribution in [0, 0.1) is 35.2 Å². The van der Waals surface area contributed by atoms with Crippen LogP contribution in [0.3, 0.4) is 0 Å². The van der Waals surface area contributed by atoms with E-state index < -0.39 is 11.6 Å². The Hall–Kier alpha value is -2.55. The van der Waals surface area contributed by atoms with Crippen LogP contribution in [0.5, 0.6) is 0 Å². The molecular weight excluding hydrogens is 501 g/mol. The minimum absolute atomic E-state index is 0.124. The lowest BCUT2D eigenvalue weighted by molar-refractivity contribution is 0.155. The van der Waals surface area contributed by atoms with E-state index in [9.17, 15) is 8.78 Å². The van der Waals surface area contributed by atoms with E-state index in [1.54, 1.807) is 30.3 Å². The van der Waals surface area contributed by atoms with Crippen molar-refractivity contribution in [2.75, 3.05) is 0 Å². The maximum Gasteiger partial charge on any atom is 0.166 e. The molecule has 0 nitrogen and oxygen atoms in total. The Bertz CT molecular complexity index is 1250. The molecule has 3 heteroatoms. The SMILES string of the molecule is CCCCCC1CCC(C2CCC(c3ccc(-c4ccc(-c5ccc(CC)c(F)c5F)cc4)cc3F)CC2)CC1. The minimum atomic E-state index is -0.813. The number of unbranched alkanes of at least 4 members (excludes halogenated alkanes) is 2. The second-order valence-electron chi connectivity index (χ2n) is 12.5. The highest BCUT2D eigenvalue weighted by atomic mass is 19.2. The van der Waals surface area contributed by atoms with Crippen molar-refractivity contribution < 1.29 is 13.2 Å². The maximum atomic E-state index is 15.4. The van der Waals surface area contributed by atoms with Crippen molar-refractivity contribution in [3.63, 3.8) is 0 Å². The number of hydrogen-bond acceptors (Lipinski definition) is 0. The fraction of sp³-hybridized carbons (Fsp3) is 0.514. The molecule has 0 unspecified atom stereocenters. The van der Waals surface area contributed by atoms with Crippen molar-refractivity contribution in [3.8, 4) is 22.3 Å². The molecule has 0 N–H and O–H groups in total. The standard InChI is InChI=1S/C37H45F3/c1-3-5-6-7-25-8-10-27(11-9-25)28-12-16-30(17-13-28)33-22-21-32(24-35(33)38)29-14-18-31(19-15-29)34-23-20-26(4-2)36(39)37(34)40/h14-15,18-25,27-28,30H,3-13,16-17H2,1-2H3. The molecule has 0 radical (unpaired) electrons. The zero-order chi connectivity index (χ0) is 28.1. The van der Waals surface area contributed by atoms with Gasteiger partial charge in [-0.05, 0) is 103 Å². The highest BCUT2D eigenvalue weighted by molar-refractivity contribution is 5.71. The van der Waals surface area contributed by atoms with Crippen molar-refractivity contribution in [2.45, 2.75) is 103 Å². The summed E-state index contributed by atoms with van der Waals surface area (Å²) in [4.78, 5) is 0. The molecule has 2 saturated carbocycles. The van der Waals surface area contributed by atoms with E-state index in [2.05, 4.69) is 6.92 Å². The summed E-state index contributed by atoms with van der Waals surface area (Å²) in [6.45, 7) is 4.09. The van der Waals surface area contributed by atoms with Crippen molar-refractivity contribution in [1.29, 1.82) is 0 Å². The number of hydrogen-bond donors (Lipinski definition) is 0. The molecule has 3 aromatic carbocycles. The second-order valence-corrected chi connectivity index (χ2v) is 12.5. The first-order chi connectivity index (χ1) is 19.5. The van der Waals surface area contributed by atoms with Gasteiger partial charge >= 0.3 is 0 Å². The monoisotopic (exact) mass is 546 g/mol. The van der Waals surface area contributed by atoms with Crippen molar-refractivity contribution in [2.24, 2.45) is 17.8 Å². The van der Waals surface area contributed by atoms with Crippen LogP contribution in [0.25, 0.3) is 22.3 Å². The van der Waals surface area contributed by atoms with Gasteiger partial charge < -0.3 is 0 Å². The molecule has 2 aliphatic carbocycles. The molecule has 214 valence electrons. The molecule has 2 fully saturated rings. The van der Waals surface area contributed by atoms with Crippen LogP contribution in [-0.2, 0) is 6.42 Å². The summed E-state index contributed by atoms with van der Waals surface area (Å²) in [5.74, 6) is 1.26. The van der Waals surface area contributed by atoms with Crippen molar-refractivity contribution >= 4 is 0 Å². The molecule has 0 amide bonds. The zero-order valence-electron chi connectivity index (χ0n) is 24.3. The van der Waals surface area contributed by atoms with Crippen LogP contribution in [0.4, 0.5) is 13.2 Å². The van der Waals surface area contributed by atoms with Gasteiger partial charge in [-0.1, -0.05) is 101 Å². The number of benzene rings is 3. The largest absolute Gasteiger partial charge is 0.207 e. The molecule has 5 rings (SSSR count). The van der Waals surface area contributed by atoms with E-state index in [0.29, 0.717) is 23.5 Å². The summed E-state index contributed by atoms with van der Waals surface area (Å²) >= 11 is 0. The molecule has 0 aromatic heterocycles. The van der Waals surface area contributed by atoms with Gasteiger partial charge in [0, 0.05) is 5.56 Å². The van der Waals surface area contributed by atoms with Crippen LogP contribution in [-0.4, -0.2) is 0 Å². The summed E-state index contributed by atoms with van der Waals surface area (Å²) in [6.07, 6.45) is 16.3. The Kier molecular flexibility index (Phi) is 9.71. The Balaban J connectivity index is 1.17. The van der Waals surface area contributed by atoms with Gasteiger partial charge in [0.05, 0.1) is 0 Å². The highest BCUT2D eigenvalue weighted by Crippen LogP contribution is 2.45. The third-order valence-electron chi connectivity index (χ3n) is 10.1. The molecule has 2 aliphatic rings. The molecule has 0 atom stereocenters. The van der Waals surface area contributed by atoms with Crippen LogP contribution in [0.1, 0.15) is 108 Å². The third kappa shape index (κ3) is 6.50. The fourth-order valence-electron chi connectivity index (χ4n) is 7.50. The normalized spacial score (nSPS) is 23.3. The van der Waals surface area contributed by atoms with Crippen LogP contribution >= 0.6 is 0 Å². The molecule has 0 heterocycles. The predicted octanol–water partition coefficient (Wildman–Crippen LogP) is 11.7. The van der Waals surface area contributed by atoms with Gasteiger partial charge in [-0.2, -0.15) is 0 Å². The smallest absolute Gasteiger partial charge is 0.166 e. The van der Waals surface area contributed by atoms with Gasteiger partial charge in [-0.25, -0.2) is 13.2 Å². The molecule has 40 heavy (non-hydrogen) atoms. The Morgan fingerprint density at radius 2 is 1.25 bits per heavy atom. The van der Waals surface area contributed by atoms with E-state index in [4.69, 9.17) is 0 Å². The van der Waals surface area contributed by atoms with E-state index >= 15 is 4.39 Å². The zero-order valence-corrected chi connectivity index (χ0v) is 24.3. The third-order valence-corrected chi connectivity index (χ3v) is 10.1. The quantitative estimate of drug-likeness (QED) is 0.234. The van der Waals surface area contributed by atoms with Crippen molar-refractivity contribution in [3.05, 3.63) is 83.2 Å². The Morgan fingerprint density at radius 3 is 1.88 bits per heavy atom. The predicted molar refractivity (Wildman–Crippen MR) is 161 cm³/mol. The number of rotatable bonds is 9. The average Bonchev–Trinajstić information content (AvgIpc) is 2.99. The Labute approximate surface area is 239 Å². The summed E-state index contributed by atoms with van der Waals surface area (Å²) in [5, 5.41) is 0. The topological polar surface area (TPSA) is 0 Å². The molecule has 0 bridgehead atoms. The van der Waals surface area contributed by atoms with E-state index in [0.717, 1.165) is 47.3 Å². The van der Waals surface area contributed by atoms with Gasteiger partial charge in [0.15, 0.2) is 11.6 Å². The lowest BCUT2D eigenvalue weighted by atomic mass is 9.68. The van der Waals surface area contributed by atoms with E-state index in [1.807, 2.05) is 31.2 Å².